The van der Waals surface area contributed by atoms with Crippen LogP contribution in [-0.4, -0.2) is 31.6 Å². The van der Waals surface area contributed by atoms with E-state index in [-0.39, 0.29) is 12.5 Å². The van der Waals surface area contributed by atoms with Crippen LogP contribution in [0.1, 0.15) is 36.2 Å². The van der Waals surface area contributed by atoms with Crippen molar-refractivity contribution >= 4 is 17.6 Å². The molecular formula is C15H22N2O3. The summed E-state index contributed by atoms with van der Waals surface area (Å²) >= 11 is 0. The van der Waals surface area contributed by atoms with Crippen molar-refractivity contribution in [1.82, 2.24) is 5.32 Å². The minimum absolute atomic E-state index is 0.129. The fourth-order valence-corrected chi connectivity index (χ4v) is 1.71. The first-order valence-electron chi connectivity index (χ1n) is 6.70. The molecule has 0 heterocycles. The predicted octanol–water partition coefficient (Wildman–Crippen LogP) is 2.11. The van der Waals surface area contributed by atoms with E-state index in [1.54, 1.807) is 25.1 Å². The first-order chi connectivity index (χ1) is 9.49. The second-order valence-corrected chi connectivity index (χ2v) is 4.71. The van der Waals surface area contributed by atoms with E-state index in [1.807, 2.05) is 6.92 Å². The molecule has 1 aromatic rings. The molecule has 0 aliphatic heterocycles. The summed E-state index contributed by atoms with van der Waals surface area (Å²) < 4.78 is 4.71. The molecule has 20 heavy (non-hydrogen) atoms. The van der Waals surface area contributed by atoms with Crippen LogP contribution in [0.5, 0.6) is 0 Å². The van der Waals surface area contributed by atoms with Crippen LogP contribution in [0, 0.1) is 6.92 Å². The standard InChI is InChI=1S/C15H22N2O3/c1-5-10(2)16-9-14(18)17-13-8-6-7-12(11(13)3)15(19)20-4/h6-8,10,16H,5,9H2,1-4H3,(H,17,18). The van der Waals surface area contributed by atoms with Crippen molar-refractivity contribution in [2.24, 2.45) is 0 Å². The number of hydrogen-bond donors (Lipinski definition) is 2. The van der Waals surface area contributed by atoms with Gasteiger partial charge in [0, 0.05) is 11.7 Å². The summed E-state index contributed by atoms with van der Waals surface area (Å²) in [5, 5.41) is 5.92. The molecule has 0 fully saturated rings. The van der Waals surface area contributed by atoms with Gasteiger partial charge in [-0.3, -0.25) is 4.79 Å². The summed E-state index contributed by atoms with van der Waals surface area (Å²) in [5.41, 5.74) is 1.79. The summed E-state index contributed by atoms with van der Waals surface area (Å²) in [6, 6.07) is 5.46. The van der Waals surface area contributed by atoms with Crippen LogP contribution in [0.15, 0.2) is 18.2 Å². The van der Waals surface area contributed by atoms with Gasteiger partial charge in [0.2, 0.25) is 5.91 Å². The summed E-state index contributed by atoms with van der Waals surface area (Å²) in [4.78, 5) is 23.4. The maximum absolute atomic E-state index is 11.8. The van der Waals surface area contributed by atoms with Crippen molar-refractivity contribution < 1.29 is 14.3 Å². The Labute approximate surface area is 119 Å². The van der Waals surface area contributed by atoms with Gasteiger partial charge in [-0.2, -0.15) is 0 Å². The molecule has 1 unspecified atom stereocenters. The fourth-order valence-electron chi connectivity index (χ4n) is 1.71. The molecule has 110 valence electrons. The topological polar surface area (TPSA) is 67.4 Å². The van der Waals surface area contributed by atoms with Crippen molar-refractivity contribution in [2.45, 2.75) is 33.2 Å². The largest absolute Gasteiger partial charge is 0.465 e. The number of carbonyl (C=O) groups excluding carboxylic acids is 2. The number of methoxy groups -OCH3 is 1. The van der Waals surface area contributed by atoms with Crippen molar-refractivity contribution in [1.29, 1.82) is 0 Å². The van der Waals surface area contributed by atoms with E-state index in [0.717, 1.165) is 6.42 Å². The van der Waals surface area contributed by atoms with Crippen LogP contribution in [-0.2, 0) is 9.53 Å². The van der Waals surface area contributed by atoms with E-state index >= 15 is 0 Å². The van der Waals surface area contributed by atoms with E-state index in [4.69, 9.17) is 4.74 Å². The Kier molecular flexibility index (Phi) is 6.18. The van der Waals surface area contributed by atoms with E-state index < -0.39 is 5.97 Å². The third kappa shape index (κ3) is 4.35. The number of rotatable bonds is 6. The van der Waals surface area contributed by atoms with Gasteiger partial charge in [0.15, 0.2) is 0 Å². The maximum atomic E-state index is 11.8. The number of hydrogen-bond acceptors (Lipinski definition) is 4. The van der Waals surface area contributed by atoms with E-state index in [1.165, 1.54) is 7.11 Å². The van der Waals surface area contributed by atoms with Crippen LogP contribution in [0.25, 0.3) is 0 Å². The number of esters is 1. The first-order valence-corrected chi connectivity index (χ1v) is 6.70. The molecule has 1 aromatic carbocycles. The molecule has 0 aliphatic rings. The molecule has 1 amide bonds. The van der Waals surface area contributed by atoms with E-state index in [0.29, 0.717) is 22.9 Å². The molecule has 0 bridgehead atoms. The summed E-state index contributed by atoms with van der Waals surface area (Å²) in [5.74, 6) is -0.535. The molecule has 2 N–H and O–H groups in total. The van der Waals surface area contributed by atoms with Gasteiger partial charge in [-0.15, -0.1) is 0 Å². The van der Waals surface area contributed by atoms with Gasteiger partial charge in [0.25, 0.3) is 0 Å². The molecular weight excluding hydrogens is 256 g/mol. The smallest absolute Gasteiger partial charge is 0.338 e. The quantitative estimate of drug-likeness (QED) is 0.782. The zero-order valence-electron chi connectivity index (χ0n) is 12.4. The normalized spacial score (nSPS) is 11.8. The molecule has 1 rings (SSSR count). The lowest BCUT2D eigenvalue weighted by Crippen LogP contribution is -2.34. The second kappa shape index (κ2) is 7.65. The SMILES string of the molecule is CCC(C)NCC(=O)Nc1cccc(C(=O)OC)c1C. The molecule has 5 nitrogen and oxygen atoms in total. The molecule has 0 saturated carbocycles. The number of amides is 1. The van der Waals surface area contributed by atoms with Crippen LogP contribution in [0.3, 0.4) is 0 Å². The predicted molar refractivity (Wildman–Crippen MR) is 78.9 cm³/mol. The third-order valence-corrected chi connectivity index (χ3v) is 3.24. The number of benzene rings is 1. The molecule has 5 heteroatoms. The Balaban J connectivity index is 2.73. The van der Waals surface area contributed by atoms with Gasteiger partial charge in [-0.25, -0.2) is 4.79 Å². The lowest BCUT2D eigenvalue weighted by Gasteiger charge is -2.13. The van der Waals surface area contributed by atoms with E-state index in [9.17, 15) is 9.59 Å². The fraction of sp³-hybridized carbons (Fsp3) is 0.467. The van der Waals surface area contributed by atoms with Gasteiger partial charge in [-0.1, -0.05) is 13.0 Å². The zero-order valence-corrected chi connectivity index (χ0v) is 12.4. The second-order valence-electron chi connectivity index (χ2n) is 4.71. The number of carbonyl (C=O) groups is 2. The maximum Gasteiger partial charge on any atom is 0.338 e. The lowest BCUT2D eigenvalue weighted by atomic mass is 10.1. The Morgan fingerprint density at radius 1 is 1.35 bits per heavy atom. The summed E-state index contributed by atoms with van der Waals surface area (Å²) in [7, 11) is 1.34. The van der Waals surface area contributed by atoms with Crippen LogP contribution < -0.4 is 10.6 Å². The molecule has 0 aromatic heterocycles. The minimum atomic E-state index is -0.406. The Bertz CT molecular complexity index is 486. The van der Waals surface area contributed by atoms with Crippen molar-refractivity contribution in [3.05, 3.63) is 29.3 Å². The Morgan fingerprint density at radius 3 is 2.65 bits per heavy atom. The minimum Gasteiger partial charge on any atom is -0.465 e. The monoisotopic (exact) mass is 278 g/mol. The van der Waals surface area contributed by atoms with Gasteiger partial charge in [-0.05, 0) is 38.0 Å². The highest BCUT2D eigenvalue weighted by Crippen LogP contribution is 2.19. The summed E-state index contributed by atoms with van der Waals surface area (Å²) in [6.07, 6.45) is 0.962. The highest BCUT2D eigenvalue weighted by Gasteiger charge is 2.13. The zero-order chi connectivity index (χ0) is 15.1. The lowest BCUT2D eigenvalue weighted by molar-refractivity contribution is -0.115. The molecule has 0 radical (unpaired) electrons. The Morgan fingerprint density at radius 2 is 2.05 bits per heavy atom. The first kappa shape index (κ1) is 16.2. The van der Waals surface area contributed by atoms with Gasteiger partial charge < -0.3 is 15.4 Å². The van der Waals surface area contributed by atoms with E-state index in [2.05, 4.69) is 17.6 Å². The van der Waals surface area contributed by atoms with Crippen molar-refractivity contribution in [2.75, 3.05) is 19.0 Å². The molecule has 0 saturated heterocycles. The van der Waals surface area contributed by atoms with Crippen LogP contribution in [0.4, 0.5) is 5.69 Å². The van der Waals surface area contributed by atoms with Crippen molar-refractivity contribution in [3.8, 4) is 0 Å². The highest BCUT2D eigenvalue weighted by molar-refractivity contribution is 5.97. The van der Waals surface area contributed by atoms with Gasteiger partial charge >= 0.3 is 5.97 Å². The molecule has 1 atom stereocenters. The van der Waals surface area contributed by atoms with Gasteiger partial charge in [0.1, 0.15) is 0 Å². The molecule has 0 aliphatic carbocycles. The van der Waals surface area contributed by atoms with Crippen molar-refractivity contribution in [3.63, 3.8) is 0 Å². The average molecular weight is 278 g/mol. The number of ether oxygens (including phenoxy) is 1. The van der Waals surface area contributed by atoms with Gasteiger partial charge in [0.05, 0.1) is 19.2 Å². The number of nitrogens with one attached hydrogen (secondary N) is 2. The third-order valence-electron chi connectivity index (χ3n) is 3.24. The van der Waals surface area contributed by atoms with Crippen LogP contribution >= 0.6 is 0 Å². The summed E-state index contributed by atoms with van der Waals surface area (Å²) in [6.45, 7) is 6.11. The highest BCUT2D eigenvalue weighted by atomic mass is 16.5. The number of anilines is 1. The van der Waals surface area contributed by atoms with Crippen LogP contribution in [0.2, 0.25) is 0 Å². The Hall–Kier alpha value is -1.88. The molecule has 0 spiro atoms. The average Bonchev–Trinajstić information content (AvgIpc) is 2.46.